The van der Waals surface area contributed by atoms with E-state index >= 15 is 0 Å². The number of piperidine rings is 1. The van der Waals surface area contributed by atoms with Gasteiger partial charge in [0.2, 0.25) is 0 Å². The van der Waals surface area contributed by atoms with Crippen LogP contribution >= 0.6 is 0 Å². The number of rotatable bonds is 5. The molecule has 0 aromatic heterocycles. The van der Waals surface area contributed by atoms with Crippen LogP contribution in [0.3, 0.4) is 0 Å². The first-order chi connectivity index (χ1) is 7.92. The summed E-state index contributed by atoms with van der Waals surface area (Å²) < 4.78 is 10.8. The first-order valence-electron chi connectivity index (χ1n) is 6.89. The Morgan fingerprint density at radius 2 is 1.76 bits per heavy atom. The molecule has 0 amide bonds. The van der Waals surface area contributed by atoms with Crippen LogP contribution in [0.2, 0.25) is 0 Å². The highest BCUT2D eigenvalue weighted by molar-refractivity contribution is 4.96. The monoisotopic (exact) mass is 241 g/mol. The van der Waals surface area contributed by atoms with E-state index in [4.69, 9.17) is 9.47 Å². The second kappa shape index (κ2) is 4.87. The summed E-state index contributed by atoms with van der Waals surface area (Å²) in [5, 5.41) is 0. The zero-order valence-corrected chi connectivity index (χ0v) is 11.8. The summed E-state index contributed by atoms with van der Waals surface area (Å²) in [6.07, 6.45) is 4.31. The minimum Gasteiger partial charge on any atom is -0.377 e. The van der Waals surface area contributed by atoms with Gasteiger partial charge in [-0.2, -0.15) is 0 Å². The van der Waals surface area contributed by atoms with E-state index < -0.39 is 0 Å². The summed E-state index contributed by atoms with van der Waals surface area (Å²) in [5.74, 6) is 0. The van der Waals surface area contributed by atoms with Gasteiger partial charge in [0.25, 0.3) is 0 Å². The van der Waals surface area contributed by atoms with Crippen molar-refractivity contribution in [2.24, 2.45) is 0 Å². The molecule has 0 aromatic rings. The Morgan fingerprint density at radius 3 is 2.29 bits per heavy atom. The second-order valence-corrected chi connectivity index (χ2v) is 6.66. The number of likely N-dealkylation sites (tertiary alicyclic amines) is 1. The summed E-state index contributed by atoms with van der Waals surface area (Å²) in [4.78, 5) is 2.62. The largest absolute Gasteiger partial charge is 0.377 e. The minimum absolute atomic E-state index is 0.307. The highest BCUT2D eigenvalue weighted by Gasteiger charge is 2.40. The van der Waals surface area contributed by atoms with Crippen molar-refractivity contribution in [1.82, 2.24) is 4.90 Å². The lowest BCUT2D eigenvalue weighted by atomic mass is 9.80. The SMILES string of the molecule is CC1(C)CCCC(C)(C)N1CCOCC1CO1. The molecule has 1 unspecified atom stereocenters. The summed E-state index contributed by atoms with van der Waals surface area (Å²) in [6, 6.07) is 0. The first kappa shape index (κ1) is 13.3. The normalized spacial score (nSPS) is 31.4. The quantitative estimate of drug-likeness (QED) is 0.546. The molecule has 2 aliphatic heterocycles. The molecule has 3 nitrogen and oxygen atoms in total. The molecule has 2 heterocycles. The fourth-order valence-corrected chi connectivity index (χ4v) is 3.18. The minimum atomic E-state index is 0.307. The molecule has 2 saturated heterocycles. The Kier molecular flexibility index (Phi) is 3.81. The van der Waals surface area contributed by atoms with Gasteiger partial charge in [0, 0.05) is 17.6 Å². The molecule has 0 N–H and O–H groups in total. The van der Waals surface area contributed by atoms with E-state index in [2.05, 4.69) is 32.6 Å². The Hall–Kier alpha value is -0.120. The van der Waals surface area contributed by atoms with Crippen molar-refractivity contribution in [3.63, 3.8) is 0 Å². The molecular formula is C14H27NO2. The second-order valence-electron chi connectivity index (χ2n) is 6.66. The highest BCUT2D eigenvalue weighted by Crippen LogP contribution is 2.37. The third-order valence-electron chi connectivity index (χ3n) is 4.20. The van der Waals surface area contributed by atoms with Crippen LogP contribution in [0.25, 0.3) is 0 Å². The predicted molar refractivity (Wildman–Crippen MR) is 69.3 cm³/mol. The summed E-state index contributed by atoms with van der Waals surface area (Å²) in [5.41, 5.74) is 0.613. The van der Waals surface area contributed by atoms with E-state index in [1.165, 1.54) is 19.3 Å². The third-order valence-corrected chi connectivity index (χ3v) is 4.20. The number of ether oxygens (including phenoxy) is 2. The Bertz CT molecular complexity index is 243. The molecule has 100 valence electrons. The average Bonchev–Trinajstić information content (AvgIpc) is 2.98. The fraction of sp³-hybridized carbons (Fsp3) is 1.00. The van der Waals surface area contributed by atoms with Gasteiger partial charge in [0.15, 0.2) is 0 Å². The fourth-order valence-electron chi connectivity index (χ4n) is 3.18. The number of epoxide rings is 1. The van der Waals surface area contributed by atoms with Gasteiger partial charge in [-0.25, -0.2) is 0 Å². The van der Waals surface area contributed by atoms with E-state index in [-0.39, 0.29) is 0 Å². The first-order valence-corrected chi connectivity index (χ1v) is 6.89. The smallest absolute Gasteiger partial charge is 0.104 e. The maximum Gasteiger partial charge on any atom is 0.104 e. The molecule has 0 radical (unpaired) electrons. The van der Waals surface area contributed by atoms with E-state index in [0.717, 1.165) is 26.4 Å². The van der Waals surface area contributed by atoms with Gasteiger partial charge in [-0.3, -0.25) is 4.90 Å². The molecule has 2 rings (SSSR count). The van der Waals surface area contributed by atoms with Crippen molar-refractivity contribution in [3.8, 4) is 0 Å². The van der Waals surface area contributed by atoms with Crippen LogP contribution in [0, 0.1) is 0 Å². The van der Waals surface area contributed by atoms with Crippen LogP contribution in [0.15, 0.2) is 0 Å². The van der Waals surface area contributed by atoms with Gasteiger partial charge in [-0.15, -0.1) is 0 Å². The zero-order chi connectivity index (χ0) is 12.5. The Balaban J connectivity index is 1.81. The summed E-state index contributed by atoms with van der Waals surface area (Å²) in [7, 11) is 0. The molecule has 0 aromatic carbocycles. The van der Waals surface area contributed by atoms with Crippen molar-refractivity contribution >= 4 is 0 Å². The van der Waals surface area contributed by atoms with Crippen molar-refractivity contribution in [2.45, 2.75) is 64.1 Å². The number of nitrogens with zero attached hydrogens (tertiary/aromatic N) is 1. The molecular weight excluding hydrogens is 214 g/mol. The van der Waals surface area contributed by atoms with Crippen molar-refractivity contribution in [3.05, 3.63) is 0 Å². The highest BCUT2D eigenvalue weighted by atomic mass is 16.6. The van der Waals surface area contributed by atoms with Gasteiger partial charge in [-0.05, 0) is 47.0 Å². The molecule has 3 heteroatoms. The molecule has 1 atom stereocenters. The van der Waals surface area contributed by atoms with Crippen LogP contribution in [-0.2, 0) is 9.47 Å². The van der Waals surface area contributed by atoms with Crippen LogP contribution < -0.4 is 0 Å². The Morgan fingerprint density at radius 1 is 1.18 bits per heavy atom. The molecule has 2 fully saturated rings. The van der Waals surface area contributed by atoms with E-state index in [9.17, 15) is 0 Å². The van der Waals surface area contributed by atoms with Crippen LogP contribution in [0.5, 0.6) is 0 Å². The van der Waals surface area contributed by atoms with Gasteiger partial charge in [0.05, 0.1) is 19.8 Å². The molecule has 0 saturated carbocycles. The Labute approximate surface area is 105 Å². The van der Waals surface area contributed by atoms with Crippen molar-refractivity contribution in [2.75, 3.05) is 26.4 Å². The van der Waals surface area contributed by atoms with Crippen LogP contribution in [0.1, 0.15) is 47.0 Å². The maximum atomic E-state index is 5.68. The molecule has 2 aliphatic rings. The number of hydrogen-bond donors (Lipinski definition) is 0. The molecule has 17 heavy (non-hydrogen) atoms. The van der Waals surface area contributed by atoms with Crippen molar-refractivity contribution < 1.29 is 9.47 Å². The number of hydrogen-bond acceptors (Lipinski definition) is 3. The van der Waals surface area contributed by atoms with Crippen LogP contribution in [-0.4, -0.2) is 48.4 Å². The third kappa shape index (κ3) is 3.43. The van der Waals surface area contributed by atoms with Gasteiger partial charge >= 0.3 is 0 Å². The van der Waals surface area contributed by atoms with Crippen molar-refractivity contribution in [1.29, 1.82) is 0 Å². The average molecular weight is 241 g/mol. The summed E-state index contributed by atoms with van der Waals surface area (Å²) in [6.45, 7) is 13.0. The van der Waals surface area contributed by atoms with E-state index in [1.54, 1.807) is 0 Å². The summed E-state index contributed by atoms with van der Waals surface area (Å²) >= 11 is 0. The van der Waals surface area contributed by atoms with Gasteiger partial charge in [-0.1, -0.05) is 0 Å². The lowest BCUT2D eigenvalue weighted by Crippen LogP contribution is -2.59. The standard InChI is InChI=1S/C14H27NO2/c1-13(2)6-5-7-14(3,4)15(13)8-9-16-10-12-11-17-12/h12H,5-11H2,1-4H3. The van der Waals surface area contributed by atoms with E-state index in [1.807, 2.05) is 0 Å². The lowest BCUT2D eigenvalue weighted by molar-refractivity contribution is -0.0456. The zero-order valence-electron chi connectivity index (χ0n) is 11.8. The molecule has 0 aliphatic carbocycles. The van der Waals surface area contributed by atoms with Gasteiger partial charge in [0.1, 0.15) is 6.10 Å². The molecule has 0 spiro atoms. The maximum absolute atomic E-state index is 5.68. The molecule has 0 bridgehead atoms. The topological polar surface area (TPSA) is 25.0 Å². The van der Waals surface area contributed by atoms with Gasteiger partial charge < -0.3 is 9.47 Å². The predicted octanol–water partition coefficient (Wildman–Crippen LogP) is 2.44. The van der Waals surface area contributed by atoms with Crippen LogP contribution in [0.4, 0.5) is 0 Å². The lowest BCUT2D eigenvalue weighted by Gasteiger charge is -2.53. The van der Waals surface area contributed by atoms with E-state index in [0.29, 0.717) is 17.2 Å².